The number of nitrogens with one attached hydrogen (secondary N) is 1. The lowest BCUT2D eigenvalue weighted by atomic mass is 9.80. The van der Waals surface area contributed by atoms with E-state index in [0.717, 1.165) is 24.5 Å². The molecule has 1 aromatic heterocycles. The molecule has 1 saturated heterocycles. The van der Waals surface area contributed by atoms with Crippen LogP contribution in [0, 0.1) is 11.8 Å². The van der Waals surface area contributed by atoms with Gasteiger partial charge in [-0.15, -0.1) is 0 Å². The summed E-state index contributed by atoms with van der Waals surface area (Å²) >= 11 is 0. The summed E-state index contributed by atoms with van der Waals surface area (Å²) in [4.78, 5) is 18.8. The van der Waals surface area contributed by atoms with Crippen LogP contribution >= 0.6 is 0 Å². The molecule has 1 aliphatic heterocycles. The molecule has 0 unspecified atom stereocenters. The van der Waals surface area contributed by atoms with E-state index in [9.17, 15) is 18.0 Å². The summed E-state index contributed by atoms with van der Waals surface area (Å²) in [6.45, 7) is 3.15. The molecule has 3 rings (SSSR count). The topological polar surface area (TPSA) is 54.5 Å². The fourth-order valence-corrected chi connectivity index (χ4v) is 3.59. The minimum Gasteiger partial charge on any atom is -0.378 e. The van der Waals surface area contributed by atoms with E-state index in [0.29, 0.717) is 32.6 Å². The number of morpholine rings is 1. The molecule has 2 heterocycles. The predicted octanol–water partition coefficient (Wildman–Crippen LogP) is 2.90. The van der Waals surface area contributed by atoms with Crippen molar-refractivity contribution in [3.63, 3.8) is 0 Å². The molecule has 2 atom stereocenters. The Bertz CT molecular complexity index is 618. The fraction of sp³-hybridized carbons (Fsp3) is 0.667. The first kappa shape index (κ1) is 18.9. The number of halogens is 3. The first-order valence-electron chi connectivity index (χ1n) is 9.05. The number of pyridine rings is 1. The van der Waals surface area contributed by atoms with Gasteiger partial charge < -0.3 is 15.0 Å². The lowest BCUT2D eigenvalue weighted by Gasteiger charge is -2.30. The first-order valence-corrected chi connectivity index (χ1v) is 9.05. The Balaban J connectivity index is 1.54. The normalized spacial score (nSPS) is 24.3. The zero-order chi connectivity index (χ0) is 18.6. The molecule has 0 aromatic carbocycles. The average molecular weight is 371 g/mol. The highest BCUT2D eigenvalue weighted by Crippen LogP contribution is 2.39. The third-order valence-corrected chi connectivity index (χ3v) is 5.12. The quantitative estimate of drug-likeness (QED) is 0.884. The van der Waals surface area contributed by atoms with Gasteiger partial charge in [0.1, 0.15) is 5.82 Å². The van der Waals surface area contributed by atoms with Gasteiger partial charge in [0.2, 0.25) is 5.91 Å². The van der Waals surface area contributed by atoms with E-state index in [4.69, 9.17) is 4.74 Å². The molecule has 1 aromatic rings. The Morgan fingerprint density at radius 2 is 2.08 bits per heavy atom. The molecule has 1 N–H and O–H groups in total. The summed E-state index contributed by atoms with van der Waals surface area (Å²) < 4.78 is 44.0. The zero-order valence-electron chi connectivity index (χ0n) is 14.6. The van der Waals surface area contributed by atoms with Gasteiger partial charge in [0.25, 0.3) is 0 Å². The van der Waals surface area contributed by atoms with E-state index in [1.807, 2.05) is 12.1 Å². The van der Waals surface area contributed by atoms with Crippen molar-refractivity contribution in [2.24, 2.45) is 11.8 Å². The molecule has 144 valence electrons. The first-order chi connectivity index (χ1) is 12.4. The average Bonchev–Trinajstić information content (AvgIpc) is 2.66. The van der Waals surface area contributed by atoms with Gasteiger partial charge in [-0.2, -0.15) is 13.2 Å². The minimum absolute atomic E-state index is 0.106. The third kappa shape index (κ3) is 4.87. The minimum atomic E-state index is -4.21. The fourth-order valence-electron chi connectivity index (χ4n) is 3.59. The number of aromatic nitrogens is 1. The molecule has 0 spiro atoms. The summed E-state index contributed by atoms with van der Waals surface area (Å²) in [5.74, 6) is -1.38. The molecule has 5 nitrogen and oxygen atoms in total. The monoisotopic (exact) mass is 371 g/mol. The maximum absolute atomic E-state index is 12.9. The molecule has 2 aliphatic rings. The lowest BCUT2D eigenvalue weighted by Crippen LogP contribution is -2.37. The van der Waals surface area contributed by atoms with Crippen molar-refractivity contribution in [2.45, 2.75) is 38.4 Å². The predicted molar refractivity (Wildman–Crippen MR) is 90.6 cm³/mol. The number of ether oxygens (including phenoxy) is 1. The number of hydrogen-bond acceptors (Lipinski definition) is 4. The van der Waals surface area contributed by atoms with E-state index >= 15 is 0 Å². The Morgan fingerprint density at radius 3 is 2.81 bits per heavy atom. The Labute approximate surface area is 150 Å². The molecule has 0 bridgehead atoms. The van der Waals surface area contributed by atoms with Crippen molar-refractivity contribution in [1.82, 2.24) is 10.3 Å². The Kier molecular flexibility index (Phi) is 6.01. The van der Waals surface area contributed by atoms with Gasteiger partial charge in [0.15, 0.2) is 0 Å². The van der Waals surface area contributed by atoms with E-state index in [1.54, 1.807) is 6.20 Å². The number of carbonyl (C=O) groups excluding carboxylic acids is 1. The van der Waals surface area contributed by atoms with Crippen molar-refractivity contribution in [1.29, 1.82) is 0 Å². The van der Waals surface area contributed by atoms with Gasteiger partial charge in [-0.05, 0) is 37.0 Å². The van der Waals surface area contributed by atoms with Crippen LogP contribution in [0.15, 0.2) is 18.3 Å². The van der Waals surface area contributed by atoms with Gasteiger partial charge in [-0.1, -0.05) is 6.42 Å². The second-order valence-electron chi connectivity index (χ2n) is 6.94. The number of nitrogens with zero attached hydrogens (tertiary/aromatic N) is 2. The third-order valence-electron chi connectivity index (χ3n) is 5.12. The maximum Gasteiger partial charge on any atom is 0.391 e. The van der Waals surface area contributed by atoms with Crippen LogP contribution in [0.3, 0.4) is 0 Å². The molecule has 2 fully saturated rings. The molecule has 0 radical (unpaired) electrons. The number of hydrogen-bond donors (Lipinski definition) is 1. The maximum atomic E-state index is 12.9. The van der Waals surface area contributed by atoms with E-state index < -0.39 is 18.0 Å². The van der Waals surface area contributed by atoms with Crippen molar-refractivity contribution >= 4 is 11.7 Å². The highest BCUT2D eigenvalue weighted by molar-refractivity contribution is 5.78. The van der Waals surface area contributed by atoms with Crippen LogP contribution in [0.5, 0.6) is 0 Å². The van der Waals surface area contributed by atoms with Crippen molar-refractivity contribution in [3.8, 4) is 0 Å². The van der Waals surface area contributed by atoms with Crippen LogP contribution in [0.25, 0.3) is 0 Å². The van der Waals surface area contributed by atoms with E-state index in [-0.39, 0.29) is 18.7 Å². The second-order valence-corrected chi connectivity index (χ2v) is 6.94. The van der Waals surface area contributed by atoms with Gasteiger partial charge >= 0.3 is 6.18 Å². The smallest absolute Gasteiger partial charge is 0.378 e. The van der Waals surface area contributed by atoms with Crippen molar-refractivity contribution in [3.05, 3.63) is 23.9 Å². The van der Waals surface area contributed by atoms with Crippen LogP contribution in [-0.2, 0) is 16.1 Å². The van der Waals surface area contributed by atoms with Gasteiger partial charge in [-0.3, -0.25) is 4.79 Å². The highest BCUT2D eigenvalue weighted by Gasteiger charge is 2.43. The van der Waals surface area contributed by atoms with E-state index in [2.05, 4.69) is 15.2 Å². The van der Waals surface area contributed by atoms with Crippen molar-refractivity contribution in [2.75, 3.05) is 31.2 Å². The summed E-state index contributed by atoms with van der Waals surface area (Å²) in [6.07, 6.45) is -1.54. The van der Waals surface area contributed by atoms with Crippen LogP contribution < -0.4 is 10.2 Å². The van der Waals surface area contributed by atoms with Crippen LogP contribution in [0.2, 0.25) is 0 Å². The number of anilines is 1. The summed E-state index contributed by atoms with van der Waals surface area (Å²) in [5.41, 5.74) is 0.887. The standard InChI is InChI=1S/C18H24F3N3O2/c19-18(20,21)15-3-1-2-14(11-15)17(25)23-12-13-4-5-22-16(10-13)24-6-8-26-9-7-24/h4-5,10,14-15H,1-3,6-9,11-12H2,(H,23,25)/t14-,15+/m0/s1. The molecule has 8 heteroatoms. The SMILES string of the molecule is O=C(NCc1ccnc(N2CCOCC2)c1)[C@H]1CCC[C@@H](C(F)(F)F)C1. The number of alkyl halides is 3. The second kappa shape index (κ2) is 8.24. The molecule has 1 saturated carbocycles. The number of rotatable bonds is 4. The summed E-state index contributed by atoms with van der Waals surface area (Å²) in [5, 5.41) is 2.79. The van der Waals surface area contributed by atoms with Crippen LogP contribution in [0.1, 0.15) is 31.2 Å². The number of amides is 1. The molecular weight excluding hydrogens is 347 g/mol. The van der Waals surface area contributed by atoms with Crippen molar-refractivity contribution < 1.29 is 22.7 Å². The zero-order valence-corrected chi connectivity index (χ0v) is 14.6. The van der Waals surface area contributed by atoms with Gasteiger partial charge in [0.05, 0.1) is 19.1 Å². The molecule has 26 heavy (non-hydrogen) atoms. The van der Waals surface area contributed by atoms with Gasteiger partial charge in [0, 0.05) is 31.7 Å². The molecule has 1 amide bonds. The van der Waals surface area contributed by atoms with Crippen LogP contribution in [0.4, 0.5) is 19.0 Å². The van der Waals surface area contributed by atoms with Gasteiger partial charge in [-0.25, -0.2) is 4.98 Å². The highest BCUT2D eigenvalue weighted by atomic mass is 19.4. The molecule has 1 aliphatic carbocycles. The largest absolute Gasteiger partial charge is 0.391 e. The Morgan fingerprint density at radius 1 is 1.31 bits per heavy atom. The Hall–Kier alpha value is -1.83. The molecular formula is C18H24F3N3O2. The summed E-state index contributed by atoms with van der Waals surface area (Å²) in [7, 11) is 0. The van der Waals surface area contributed by atoms with E-state index in [1.165, 1.54) is 0 Å². The summed E-state index contributed by atoms with van der Waals surface area (Å²) in [6, 6.07) is 3.72. The lowest BCUT2D eigenvalue weighted by molar-refractivity contribution is -0.186. The number of carbonyl (C=O) groups is 1. The van der Waals surface area contributed by atoms with Crippen LogP contribution in [-0.4, -0.2) is 43.4 Å².